The number of carbonyl (C=O) groups excluding carboxylic acids is 2. The topological polar surface area (TPSA) is 84.1 Å². The highest BCUT2D eigenvalue weighted by Gasteiger charge is 2.23. The number of hydrogen-bond acceptors (Lipinski definition) is 5. The number of nitrogens with zero attached hydrogens (tertiary/aromatic N) is 1. The SMILES string of the molecule is Cc1c(C(=O)Nc2cn[nH]c2C(=O)OC(C)(C)C)csc1Br. The van der Waals surface area contributed by atoms with E-state index in [1.165, 1.54) is 17.5 Å². The van der Waals surface area contributed by atoms with Crippen LogP contribution in [0.1, 0.15) is 47.2 Å². The first kappa shape index (κ1) is 16.7. The van der Waals surface area contributed by atoms with E-state index >= 15 is 0 Å². The van der Waals surface area contributed by atoms with Crippen LogP contribution in [-0.4, -0.2) is 27.7 Å². The molecule has 6 nitrogen and oxygen atoms in total. The van der Waals surface area contributed by atoms with Gasteiger partial charge >= 0.3 is 5.97 Å². The van der Waals surface area contributed by atoms with Gasteiger partial charge in [0.25, 0.3) is 5.91 Å². The lowest BCUT2D eigenvalue weighted by molar-refractivity contribution is 0.00641. The van der Waals surface area contributed by atoms with Crippen molar-refractivity contribution in [1.82, 2.24) is 10.2 Å². The Morgan fingerprint density at radius 1 is 1.41 bits per heavy atom. The van der Waals surface area contributed by atoms with E-state index in [1.807, 2.05) is 6.92 Å². The van der Waals surface area contributed by atoms with Crippen LogP contribution in [0.4, 0.5) is 5.69 Å². The number of thiophene rings is 1. The molecule has 2 rings (SSSR count). The van der Waals surface area contributed by atoms with Gasteiger partial charge in [-0.3, -0.25) is 9.89 Å². The van der Waals surface area contributed by atoms with Crippen LogP contribution in [0, 0.1) is 6.92 Å². The number of halogens is 1. The molecule has 0 radical (unpaired) electrons. The zero-order valence-corrected chi connectivity index (χ0v) is 15.0. The number of hydrogen-bond donors (Lipinski definition) is 2. The van der Waals surface area contributed by atoms with Crippen molar-refractivity contribution >= 4 is 44.8 Å². The van der Waals surface area contributed by atoms with Gasteiger partial charge in [0.2, 0.25) is 0 Å². The summed E-state index contributed by atoms with van der Waals surface area (Å²) in [5.41, 5.74) is 1.19. The molecule has 22 heavy (non-hydrogen) atoms. The number of rotatable bonds is 3. The van der Waals surface area contributed by atoms with Gasteiger partial charge in [0, 0.05) is 5.38 Å². The van der Waals surface area contributed by atoms with Gasteiger partial charge in [0.15, 0.2) is 5.69 Å². The van der Waals surface area contributed by atoms with Crippen LogP contribution in [0.2, 0.25) is 0 Å². The number of nitrogens with one attached hydrogen (secondary N) is 2. The van der Waals surface area contributed by atoms with E-state index in [1.54, 1.807) is 26.2 Å². The molecule has 0 bridgehead atoms. The monoisotopic (exact) mass is 385 g/mol. The van der Waals surface area contributed by atoms with Crippen molar-refractivity contribution in [2.45, 2.75) is 33.3 Å². The van der Waals surface area contributed by atoms with Crippen molar-refractivity contribution in [3.8, 4) is 0 Å². The molecule has 118 valence electrons. The highest BCUT2D eigenvalue weighted by Crippen LogP contribution is 2.28. The van der Waals surface area contributed by atoms with Gasteiger partial charge in [-0.1, -0.05) is 0 Å². The van der Waals surface area contributed by atoms with E-state index < -0.39 is 11.6 Å². The number of amides is 1. The van der Waals surface area contributed by atoms with Crippen LogP contribution in [0.15, 0.2) is 15.4 Å². The molecule has 0 saturated carbocycles. The summed E-state index contributed by atoms with van der Waals surface area (Å²) in [5.74, 6) is -0.867. The van der Waals surface area contributed by atoms with E-state index in [4.69, 9.17) is 4.74 Å². The molecular formula is C14H16BrN3O3S. The van der Waals surface area contributed by atoms with Crippen molar-refractivity contribution in [3.05, 3.63) is 32.2 Å². The zero-order valence-electron chi connectivity index (χ0n) is 12.6. The quantitative estimate of drug-likeness (QED) is 0.787. The maximum absolute atomic E-state index is 12.3. The third-order valence-corrected chi connectivity index (χ3v) is 4.74. The molecule has 0 unspecified atom stereocenters. The largest absolute Gasteiger partial charge is 0.455 e. The lowest BCUT2D eigenvalue weighted by Gasteiger charge is -2.19. The summed E-state index contributed by atoms with van der Waals surface area (Å²) in [5, 5.41) is 10.8. The van der Waals surface area contributed by atoms with E-state index in [0.29, 0.717) is 11.3 Å². The van der Waals surface area contributed by atoms with E-state index in [2.05, 4.69) is 31.4 Å². The predicted octanol–water partition coefficient (Wildman–Crippen LogP) is 3.75. The van der Waals surface area contributed by atoms with Gasteiger partial charge in [-0.05, 0) is 49.2 Å². The van der Waals surface area contributed by atoms with Crippen LogP contribution in [-0.2, 0) is 4.74 Å². The van der Waals surface area contributed by atoms with Crippen LogP contribution >= 0.6 is 27.3 Å². The number of esters is 1. The first-order valence-electron chi connectivity index (χ1n) is 6.50. The molecule has 0 aliphatic carbocycles. The smallest absolute Gasteiger partial charge is 0.359 e. The Morgan fingerprint density at radius 2 is 2.09 bits per heavy atom. The number of ether oxygens (including phenoxy) is 1. The fourth-order valence-corrected chi connectivity index (χ4v) is 2.96. The molecule has 2 aromatic heterocycles. The summed E-state index contributed by atoms with van der Waals surface area (Å²) in [7, 11) is 0. The Bertz CT molecular complexity index is 715. The molecule has 1 amide bonds. The maximum atomic E-state index is 12.3. The van der Waals surface area contributed by atoms with Gasteiger partial charge in [0.1, 0.15) is 5.60 Å². The average Bonchev–Trinajstić information content (AvgIpc) is 2.96. The van der Waals surface area contributed by atoms with Crippen LogP contribution < -0.4 is 5.32 Å². The van der Waals surface area contributed by atoms with Crippen molar-refractivity contribution < 1.29 is 14.3 Å². The Hall–Kier alpha value is -1.67. The molecule has 2 aromatic rings. The van der Waals surface area contributed by atoms with Crippen molar-refractivity contribution in [3.63, 3.8) is 0 Å². The van der Waals surface area contributed by atoms with Gasteiger partial charge in [-0.25, -0.2) is 4.79 Å². The summed E-state index contributed by atoms with van der Waals surface area (Å²) in [6.45, 7) is 7.16. The van der Waals surface area contributed by atoms with E-state index in [-0.39, 0.29) is 11.6 Å². The second kappa shape index (κ2) is 6.21. The first-order valence-corrected chi connectivity index (χ1v) is 8.18. The molecule has 0 aliphatic rings. The fraction of sp³-hybridized carbons (Fsp3) is 0.357. The molecule has 0 aliphatic heterocycles. The average molecular weight is 386 g/mol. The summed E-state index contributed by atoms with van der Waals surface area (Å²) >= 11 is 4.81. The third kappa shape index (κ3) is 3.75. The molecule has 2 heterocycles. The zero-order chi connectivity index (χ0) is 16.5. The first-order chi connectivity index (χ1) is 10.2. The van der Waals surface area contributed by atoms with Crippen molar-refractivity contribution in [2.24, 2.45) is 0 Å². The number of anilines is 1. The molecule has 0 aromatic carbocycles. The second-order valence-corrected chi connectivity index (χ2v) is 7.86. The highest BCUT2D eigenvalue weighted by molar-refractivity contribution is 9.11. The third-order valence-electron chi connectivity index (χ3n) is 2.71. The van der Waals surface area contributed by atoms with Crippen molar-refractivity contribution in [2.75, 3.05) is 5.32 Å². The molecule has 0 spiro atoms. The molecule has 0 fully saturated rings. The number of H-pyrrole nitrogens is 1. The van der Waals surface area contributed by atoms with Crippen LogP contribution in [0.3, 0.4) is 0 Å². The highest BCUT2D eigenvalue weighted by atomic mass is 79.9. The Kier molecular flexibility index (Phi) is 4.72. The lowest BCUT2D eigenvalue weighted by atomic mass is 10.2. The lowest BCUT2D eigenvalue weighted by Crippen LogP contribution is -2.25. The van der Waals surface area contributed by atoms with Gasteiger partial charge in [0.05, 0.1) is 21.2 Å². The normalized spacial score (nSPS) is 11.3. The maximum Gasteiger partial charge on any atom is 0.359 e. The number of carbonyl (C=O) groups is 2. The van der Waals surface area contributed by atoms with Gasteiger partial charge in [-0.2, -0.15) is 5.10 Å². The minimum Gasteiger partial charge on any atom is -0.455 e. The molecule has 2 N–H and O–H groups in total. The fourth-order valence-electron chi connectivity index (χ4n) is 1.67. The predicted molar refractivity (Wildman–Crippen MR) is 88.5 cm³/mol. The minimum atomic E-state index is -0.627. The number of aromatic nitrogens is 2. The summed E-state index contributed by atoms with van der Waals surface area (Å²) in [6, 6.07) is 0. The van der Waals surface area contributed by atoms with E-state index in [0.717, 1.165) is 9.35 Å². The Morgan fingerprint density at radius 3 is 2.64 bits per heavy atom. The minimum absolute atomic E-state index is 0.121. The molecular weight excluding hydrogens is 370 g/mol. The molecule has 0 saturated heterocycles. The van der Waals surface area contributed by atoms with Gasteiger partial charge < -0.3 is 10.1 Å². The Labute approximate surface area is 140 Å². The van der Waals surface area contributed by atoms with Crippen LogP contribution in [0.5, 0.6) is 0 Å². The van der Waals surface area contributed by atoms with E-state index in [9.17, 15) is 9.59 Å². The second-order valence-electron chi connectivity index (χ2n) is 5.66. The standard InChI is InChI=1S/C14H16BrN3O3S/c1-7-8(6-22-11(7)15)12(19)17-9-5-16-18-10(9)13(20)21-14(2,3)4/h5-6H,1-4H3,(H,16,18)(H,17,19). The van der Waals surface area contributed by atoms with Gasteiger partial charge in [-0.15, -0.1) is 11.3 Å². The summed E-state index contributed by atoms with van der Waals surface area (Å²) in [6.07, 6.45) is 1.38. The summed E-state index contributed by atoms with van der Waals surface area (Å²) < 4.78 is 6.17. The van der Waals surface area contributed by atoms with Crippen LogP contribution in [0.25, 0.3) is 0 Å². The van der Waals surface area contributed by atoms with Crippen molar-refractivity contribution in [1.29, 1.82) is 0 Å². The Balaban J connectivity index is 2.18. The molecule has 8 heteroatoms. The number of aromatic amines is 1. The summed E-state index contributed by atoms with van der Waals surface area (Å²) in [4.78, 5) is 24.4. The molecule has 0 atom stereocenters.